The highest BCUT2D eigenvalue weighted by Gasteiger charge is 1.33. The molecule has 0 atom stereocenters. The maximum atomic E-state index is 5.92. The van der Waals surface area contributed by atoms with Crippen LogP contribution in [-0.4, -0.2) is 5.49 Å². The van der Waals surface area contributed by atoms with Crippen molar-refractivity contribution in [3.63, 3.8) is 0 Å². The van der Waals surface area contributed by atoms with E-state index in [2.05, 4.69) is 17.3 Å². The summed E-state index contributed by atoms with van der Waals surface area (Å²) < 4.78 is 0. The van der Waals surface area contributed by atoms with Gasteiger partial charge in [-0.2, -0.15) is 5.11 Å². The van der Waals surface area contributed by atoms with Crippen molar-refractivity contribution < 1.29 is 0 Å². The molecule has 0 aromatic heterocycles. The Hall–Kier alpha value is -0.310. The van der Waals surface area contributed by atoms with Crippen LogP contribution in [0.3, 0.4) is 0 Å². The van der Waals surface area contributed by atoms with Crippen LogP contribution >= 0.6 is 12.2 Å². The molecule has 0 saturated carbocycles. The van der Waals surface area contributed by atoms with Crippen molar-refractivity contribution in [1.29, 1.82) is 5.53 Å². The molecule has 0 saturated heterocycles. The Bertz CT molecular complexity index is 27.0. The molecular weight excluding hydrogens is 72.1 g/mol. The maximum Gasteiger partial charge on any atom is 0.112 e. The first-order valence-electron chi connectivity index (χ1n) is 0.718. The smallest absolute Gasteiger partial charge is 0.112 e. The monoisotopic (exact) mass is 74.0 g/mol. The molecule has 0 aliphatic rings. The lowest BCUT2D eigenvalue weighted by atomic mass is 11.5. The van der Waals surface area contributed by atoms with Crippen molar-refractivity contribution in [3.8, 4) is 0 Å². The summed E-state index contributed by atoms with van der Waals surface area (Å²) in [6.45, 7) is 0. The van der Waals surface area contributed by atoms with Gasteiger partial charge in [0, 0.05) is 0 Å². The van der Waals surface area contributed by atoms with E-state index in [0.717, 1.165) is 5.49 Å². The van der Waals surface area contributed by atoms with Crippen LogP contribution < -0.4 is 0 Å². The third-order valence-electron chi connectivity index (χ3n) is 0.0527. The van der Waals surface area contributed by atoms with Crippen molar-refractivity contribution in [1.82, 2.24) is 0 Å². The van der Waals surface area contributed by atoms with Crippen LogP contribution in [0.15, 0.2) is 5.11 Å². The molecule has 0 spiro atoms. The number of thiocarbonyl (C=S) groups is 1. The van der Waals surface area contributed by atoms with Crippen LogP contribution in [0.4, 0.5) is 0 Å². The van der Waals surface area contributed by atoms with E-state index in [1.807, 2.05) is 0 Å². The van der Waals surface area contributed by atoms with Gasteiger partial charge in [-0.3, -0.25) is 0 Å². The Morgan fingerprint density at radius 3 is 2.25 bits per heavy atom. The highest BCUT2D eigenvalue weighted by Crippen LogP contribution is 1.45. The van der Waals surface area contributed by atoms with Crippen molar-refractivity contribution in [2.45, 2.75) is 0 Å². The SMILES string of the molecule is N=NC=S. The zero-order valence-electron chi connectivity index (χ0n) is 1.93. The average molecular weight is 74.1 g/mol. The standard InChI is InChI=1S/CH2N2S/c2-3-1-4/h1-2H. The fourth-order valence-corrected chi connectivity index (χ4v) is 0. The summed E-state index contributed by atoms with van der Waals surface area (Å²) in [5.74, 6) is 0. The van der Waals surface area contributed by atoms with Crippen molar-refractivity contribution >= 4 is 17.7 Å². The van der Waals surface area contributed by atoms with Gasteiger partial charge in [-0.1, -0.05) is 12.2 Å². The number of hydrogen-bond donors (Lipinski definition) is 1. The minimum Gasteiger partial charge on any atom is -0.204 e. The predicted octanol–water partition coefficient (Wildman–Crippen LogP) is 0.975. The summed E-state index contributed by atoms with van der Waals surface area (Å²) in [7, 11) is 0. The zero-order valence-corrected chi connectivity index (χ0v) is 2.75. The molecule has 4 heavy (non-hydrogen) atoms. The topological polar surface area (TPSA) is 36.2 Å². The molecule has 1 N–H and O–H groups in total. The highest BCUT2D eigenvalue weighted by atomic mass is 32.1. The van der Waals surface area contributed by atoms with E-state index in [9.17, 15) is 0 Å². The van der Waals surface area contributed by atoms with Crippen LogP contribution in [-0.2, 0) is 0 Å². The van der Waals surface area contributed by atoms with Gasteiger partial charge in [-0.25, -0.2) is 5.53 Å². The maximum absolute atomic E-state index is 5.92. The van der Waals surface area contributed by atoms with Gasteiger partial charge in [0.25, 0.3) is 0 Å². The molecule has 0 bridgehead atoms. The Labute approximate surface area is 29.3 Å². The minimum absolute atomic E-state index is 1.00. The third kappa shape index (κ3) is 1.69. The minimum atomic E-state index is 1.00. The molecule has 22 valence electrons. The summed E-state index contributed by atoms with van der Waals surface area (Å²) >= 11 is 4.07. The fraction of sp³-hybridized carbons (Fsp3) is 0. The lowest BCUT2D eigenvalue weighted by Gasteiger charge is -1.42. The van der Waals surface area contributed by atoms with E-state index < -0.39 is 0 Å². The highest BCUT2D eigenvalue weighted by molar-refractivity contribution is 7.78. The van der Waals surface area contributed by atoms with E-state index in [0.29, 0.717) is 0 Å². The van der Waals surface area contributed by atoms with E-state index in [4.69, 9.17) is 5.53 Å². The molecular formula is CH2N2S. The molecule has 0 amide bonds. The molecule has 2 nitrogen and oxygen atoms in total. The number of hydrogen-bond acceptors (Lipinski definition) is 2. The predicted molar refractivity (Wildman–Crippen MR) is 18.8 cm³/mol. The Kier molecular flexibility index (Phi) is 2.48. The summed E-state index contributed by atoms with van der Waals surface area (Å²) in [6.07, 6.45) is 0. The Balaban J connectivity index is 2.73. The summed E-state index contributed by atoms with van der Waals surface area (Å²) in [4.78, 5) is 0. The molecule has 3 heteroatoms. The van der Waals surface area contributed by atoms with Gasteiger partial charge in [0.15, 0.2) is 0 Å². The molecule has 0 aliphatic heterocycles. The van der Waals surface area contributed by atoms with E-state index in [-0.39, 0.29) is 0 Å². The van der Waals surface area contributed by atoms with Crippen molar-refractivity contribution in [2.75, 3.05) is 0 Å². The summed E-state index contributed by atoms with van der Waals surface area (Å²) in [5.41, 5.74) is 6.92. The van der Waals surface area contributed by atoms with Gasteiger partial charge in [-0.15, -0.1) is 0 Å². The molecule has 0 aliphatic carbocycles. The second kappa shape index (κ2) is 2.69. The normalized spacial score (nSPS) is 5.00. The van der Waals surface area contributed by atoms with Gasteiger partial charge >= 0.3 is 0 Å². The van der Waals surface area contributed by atoms with Gasteiger partial charge in [0.1, 0.15) is 5.49 Å². The number of rotatable bonds is 1. The van der Waals surface area contributed by atoms with Gasteiger partial charge in [0.05, 0.1) is 0 Å². The van der Waals surface area contributed by atoms with Gasteiger partial charge in [0.2, 0.25) is 0 Å². The first-order chi connectivity index (χ1) is 1.91. The van der Waals surface area contributed by atoms with Crippen LogP contribution in [0.1, 0.15) is 0 Å². The Morgan fingerprint density at radius 1 is 2.00 bits per heavy atom. The molecule has 0 aromatic carbocycles. The van der Waals surface area contributed by atoms with Crippen LogP contribution in [0, 0.1) is 5.53 Å². The summed E-state index contributed by atoms with van der Waals surface area (Å²) in [5, 5.41) is 2.68. The molecule has 0 rings (SSSR count). The average Bonchev–Trinajstić information content (AvgIpc) is 1.37. The molecule has 0 heterocycles. The second-order valence-electron chi connectivity index (χ2n) is 0.235. The zero-order chi connectivity index (χ0) is 3.41. The summed E-state index contributed by atoms with van der Waals surface area (Å²) in [6, 6.07) is 0. The van der Waals surface area contributed by atoms with Gasteiger partial charge in [-0.05, 0) is 0 Å². The second-order valence-corrected chi connectivity index (χ2v) is 0.445. The van der Waals surface area contributed by atoms with Gasteiger partial charge < -0.3 is 0 Å². The molecule has 0 radical (unpaired) electrons. The van der Waals surface area contributed by atoms with E-state index in [1.54, 1.807) is 0 Å². The fourth-order valence-electron chi connectivity index (χ4n) is 0. The first kappa shape index (κ1) is 3.69. The lowest BCUT2D eigenvalue weighted by Crippen LogP contribution is -1.36. The first-order valence-corrected chi connectivity index (χ1v) is 1.19. The van der Waals surface area contributed by atoms with Crippen LogP contribution in [0.5, 0.6) is 0 Å². The number of nitrogens with zero attached hydrogens (tertiary/aromatic N) is 1. The van der Waals surface area contributed by atoms with Crippen molar-refractivity contribution in [3.05, 3.63) is 0 Å². The quantitative estimate of drug-likeness (QED) is 0.365. The molecule has 0 fully saturated rings. The third-order valence-corrected chi connectivity index (χ3v) is 0.158. The van der Waals surface area contributed by atoms with Crippen LogP contribution in [0.25, 0.3) is 0 Å². The van der Waals surface area contributed by atoms with Crippen molar-refractivity contribution in [2.24, 2.45) is 5.11 Å². The Morgan fingerprint density at radius 2 is 2.25 bits per heavy atom. The van der Waals surface area contributed by atoms with Crippen LogP contribution in [0.2, 0.25) is 0 Å². The van der Waals surface area contributed by atoms with E-state index >= 15 is 0 Å². The largest absolute Gasteiger partial charge is 0.204 e. The lowest BCUT2D eigenvalue weighted by molar-refractivity contribution is 1.22. The molecule has 0 aromatic rings. The molecule has 0 unspecified atom stereocenters. The van der Waals surface area contributed by atoms with E-state index in [1.165, 1.54) is 0 Å². The number of nitrogens with one attached hydrogen (secondary N) is 1.